The van der Waals surface area contributed by atoms with Crippen LogP contribution in [0.15, 0.2) is 24.4 Å². The maximum Gasteiger partial charge on any atom is 0.225 e. The van der Waals surface area contributed by atoms with E-state index >= 15 is 0 Å². The summed E-state index contributed by atoms with van der Waals surface area (Å²) in [5.74, 6) is 0.441. The lowest BCUT2D eigenvalue weighted by Crippen LogP contribution is -2.50. The molecule has 2 saturated heterocycles. The summed E-state index contributed by atoms with van der Waals surface area (Å²) in [5, 5.41) is 3.16. The minimum absolute atomic E-state index is 0.0249. The zero-order chi connectivity index (χ0) is 16.8. The highest BCUT2D eigenvalue weighted by atomic mass is 16.7. The topological polar surface area (TPSA) is 63.7 Å². The van der Waals surface area contributed by atoms with E-state index in [0.717, 1.165) is 38.2 Å². The van der Waals surface area contributed by atoms with E-state index in [1.54, 1.807) is 0 Å². The number of nitrogens with one attached hydrogen (secondary N) is 1. The summed E-state index contributed by atoms with van der Waals surface area (Å²) in [5.41, 5.74) is 1.10. The van der Waals surface area contributed by atoms with Crippen molar-refractivity contribution in [3.05, 3.63) is 30.1 Å². The SMILES string of the molecule is CC1CN(Cc2ccccn2)CCC1NC(=O)CC1OCCCO1. The second-order valence-electron chi connectivity index (χ2n) is 6.72. The number of hydrogen-bond donors (Lipinski definition) is 1. The molecule has 0 bridgehead atoms. The molecule has 2 unspecified atom stereocenters. The number of hydrogen-bond acceptors (Lipinski definition) is 5. The van der Waals surface area contributed by atoms with Gasteiger partial charge < -0.3 is 14.8 Å². The van der Waals surface area contributed by atoms with Crippen molar-refractivity contribution in [1.82, 2.24) is 15.2 Å². The number of ether oxygens (including phenoxy) is 2. The molecule has 0 saturated carbocycles. The Bertz CT molecular complexity index is 520. The van der Waals surface area contributed by atoms with E-state index in [0.29, 0.717) is 25.6 Å². The number of pyridine rings is 1. The number of amides is 1. The van der Waals surface area contributed by atoms with Gasteiger partial charge in [-0.1, -0.05) is 13.0 Å². The van der Waals surface area contributed by atoms with Gasteiger partial charge in [-0.05, 0) is 30.9 Å². The van der Waals surface area contributed by atoms with Crippen LogP contribution in [0.4, 0.5) is 0 Å². The van der Waals surface area contributed by atoms with E-state index in [1.165, 1.54) is 0 Å². The van der Waals surface area contributed by atoms with E-state index in [9.17, 15) is 4.79 Å². The lowest BCUT2D eigenvalue weighted by molar-refractivity contribution is -0.184. The van der Waals surface area contributed by atoms with E-state index in [4.69, 9.17) is 9.47 Å². The van der Waals surface area contributed by atoms with E-state index in [2.05, 4.69) is 28.2 Å². The summed E-state index contributed by atoms with van der Waals surface area (Å²) < 4.78 is 10.9. The third-order valence-electron chi connectivity index (χ3n) is 4.70. The van der Waals surface area contributed by atoms with Gasteiger partial charge in [0.2, 0.25) is 5.91 Å². The maximum absolute atomic E-state index is 12.2. The summed E-state index contributed by atoms with van der Waals surface area (Å²) in [6, 6.07) is 6.24. The Morgan fingerprint density at radius 1 is 1.38 bits per heavy atom. The molecule has 2 fully saturated rings. The van der Waals surface area contributed by atoms with Crippen molar-refractivity contribution in [3.8, 4) is 0 Å². The molecule has 132 valence electrons. The molecule has 1 aromatic rings. The van der Waals surface area contributed by atoms with Gasteiger partial charge >= 0.3 is 0 Å². The predicted octanol–water partition coefficient (Wildman–Crippen LogP) is 1.56. The third-order valence-corrected chi connectivity index (χ3v) is 4.70. The van der Waals surface area contributed by atoms with E-state index in [1.807, 2.05) is 18.3 Å². The summed E-state index contributed by atoms with van der Waals surface area (Å²) in [7, 11) is 0. The van der Waals surface area contributed by atoms with Crippen LogP contribution in [0.5, 0.6) is 0 Å². The smallest absolute Gasteiger partial charge is 0.225 e. The molecule has 2 aliphatic rings. The normalized spacial score (nSPS) is 26.2. The first-order valence-electron chi connectivity index (χ1n) is 8.85. The minimum atomic E-state index is -0.377. The molecule has 0 aliphatic carbocycles. The molecule has 2 aliphatic heterocycles. The molecule has 3 rings (SSSR count). The van der Waals surface area contributed by atoms with Gasteiger partial charge in [0.25, 0.3) is 0 Å². The Morgan fingerprint density at radius 3 is 2.92 bits per heavy atom. The lowest BCUT2D eigenvalue weighted by atomic mass is 9.93. The van der Waals surface area contributed by atoms with Crippen LogP contribution in [-0.2, 0) is 20.8 Å². The highest BCUT2D eigenvalue weighted by molar-refractivity contribution is 5.76. The summed E-state index contributed by atoms with van der Waals surface area (Å²) >= 11 is 0. The van der Waals surface area contributed by atoms with Crippen LogP contribution in [0.3, 0.4) is 0 Å². The lowest BCUT2D eigenvalue weighted by Gasteiger charge is -2.37. The molecule has 1 N–H and O–H groups in total. The second kappa shape index (κ2) is 8.55. The predicted molar refractivity (Wildman–Crippen MR) is 90.2 cm³/mol. The maximum atomic E-state index is 12.2. The Labute approximate surface area is 143 Å². The van der Waals surface area contributed by atoms with Crippen LogP contribution in [-0.4, -0.2) is 54.4 Å². The molecule has 2 atom stereocenters. The number of carbonyl (C=O) groups excluding carboxylic acids is 1. The number of carbonyl (C=O) groups is 1. The largest absolute Gasteiger partial charge is 0.353 e. The van der Waals surface area contributed by atoms with Gasteiger partial charge in [-0.3, -0.25) is 14.7 Å². The summed E-state index contributed by atoms with van der Waals surface area (Å²) in [4.78, 5) is 19.0. The fraction of sp³-hybridized carbons (Fsp3) is 0.667. The molecule has 1 amide bonds. The minimum Gasteiger partial charge on any atom is -0.353 e. The van der Waals surface area contributed by atoms with Crippen LogP contribution in [0.25, 0.3) is 0 Å². The third kappa shape index (κ3) is 5.00. The molecule has 0 spiro atoms. The number of piperidine rings is 1. The van der Waals surface area contributed by atoms with Crippen LogP contribution in [0, 0.1) is 5.92 Å². The highest BCUT2D eigenvalue weighted by Gasteiger charge is 2.28. The Kier molecular flexibility index (Phi) is 6.18. The Morgan fingerprint density at radius 2 is 2.21 bits per heavy atom. The number of rotatable bonds is 5. The summed E-state index contributed by atoms with van der Waals surface area (Å²) in [6.45, 7) is 6.37. The first-order chi connectivity index (χ1) is 11.7. The average Bonchev–Trinajstić information content (AvgIpc) is 2.59. The van der Waals surface area contributed by atoms with Crippen LogP contribution in [0.2, 0.25) is 0 Å². The second-order valence-corrected chi connectivity index (χ2v) is 6.72. The molecule has 3 heterocycles. The van der Waals surface area contributed by atoms with Gasteiger partial charge in [0.1, 0.15) is 0 Å². The van der Waals surface area contributed by atoms with Crippen molar-refractivity contribution in [2.75, 3.05) is 26.3 Å². The molecular weight excluding hydrogens is 306 g/mol. The number of likely N-dealkylation sites (tertiary alicyclic amines) is 1. The number of aromatic nitrogens is 1. The van der Waals surface area contributed by atoms with Crippen molar-refractivity contribution in [1.29, 1.82) is 0 Å². The van der Waals surface area contributed by atoms with Gasteiger partial charge in [-0.15, -0.1) is 0 Å². The zero-order valence-corrected chi connectivity index (χ0v) is 14.3. The summed E-state index contributed by atoms with van der Waals surface area (Å²) in [6.07, 6.45) is 3.62. The number of nitrogens with zero attached hydrogens (tertiary/aromatic N) is 2. The molecular formula is C18H27N3O3. The van der Waals surface area contributed by atoms with Gasteiger partial charge in [0, 0.05) is 31.9 Å². The quantitative estimate of drug-likeness (QED) is 0.886. The highest BCUT2D eigenvalue weighted by Crippen LogP contribution is 2.19. The van der Waals surface area contributed by atoms with Crippen molar-refractivity contribution < 1.29 is 14.3 Å². The van der Waals surface area contributed by atoms with Crippen molar-refractivity contribution in [2.24, 2.45) is 5.92 Å². The Hall–Kier alpha value is -1.50. The van der Waals surface area contributed by atoms with E-state index < -0.39 is 0 Å². The van der Waals surface area contributed by atoms with Crippen LogP contribution in [0.1, 0.15) is 31.9 Å². The van der Waals surface area contributed by atoms with Gasteiger partial charge in [-0.25, -0.2) is 0 Å². The molecule has 0 radical (unpaired) electrons. The van der Waals surface area contributed by atoms with Crippen molar-refractivity contribution >= 4 is 5.91 Å². The first kappa shape index (κ1) is 17.3. The van der Waals surface area contributed by atoms with Gasteiger partial charge in [-0.2, -0.15) is 0 Å². The first-order valence-corrected chi connectivity index (χ1v) is 8.85. The van der Waals surface area contributed by atoms with Crippen LogP contribution < -0.4 is 5.32 Å². The van der Waals surface area contributed by atoms with Crippen molar-refractivity contribution in [3.63, 3.8) is 0 Å². The fourth-order valence-electron chi connectivity index (χ4n) is 3.38. The van der Waals surface area contributed by atoms with Crippen molar-refractivity contribution in [2.45, 2.75) is 45.1 Å². The monoisotopic (exact) mass is 333 g/mol. The molecule has 0 aromatic carbocycles. The average molecular weight is 333 g/mol. The molecule has 24 heavy (non-hydrogen) atoms. The standard InChI is InChI=1S/C18H27N3O3/c1-14-12-21(13-15-5-2-3-7-19-15)8-6-16(14)20-17(22)11-18-23-9-4-10-24-18/h2-3,5,7,14,16,18H,4,6,8-13H2,1H3,(H,20,22). The molecule has 6 nitrogen and oxygen atoms in total. The molecule has 6 heteroatoms. The zero-order valence-electron chi connectivity index (χ0n) is 14.3. The van der Waals surface area contributed by atoms with E-state index in [-0.39, 0.29) is 18.2 Å². The molecule has 1 aromatic heterocycles. The van der Waals surface area contributed by atoms with Gasteiger partial charge in [0.05, 0.1) is 25.3 Å². The van der Waals surface area contributed by atoms with Crippen LogP contribution >= 0.6 is 0 Å². The fourth-order valence-corrected chi connectivity index (χ4v) is 3.38. The van der Waals surface area contributed by atoms with Gasteiger partial charge in [0.15, 0.2) is 6.29 Å². The Balaban J connectivity index is 1.42.